The smallest absolute Gasteiger partial charge is 0.316 e. The van der Waals surface area contributed by atoms with Gasteiger partial charge in [0.15, 0.2) is 0 Å². The molecule has 0 aliphatic carbocycles. The van der Waals surface area contributed by atoms with Crippen molar-refractivity contribution >= 4 is 5.97 Å². The molecule has 1 fully saturated rings. The van der Waals surface area contributed by atoms with Crippen LogP contribution in [-0.2, 0) is 9.53 Å². The van der Waals surface area contributed by atoms with Crippen molar-refractivity contribution in [2.45, 2.75) is 20.0 Å². The Balaban J connectivity index is 2.27. The van der Waals surface area contributed by atoms with Crippen LogP contribution in [0.25, 0.3) is 0 Å². The van der Waals surface area contributed by atoms with Gasteiger partial charge in [0.25, 0.3) is 0 Å². The normalized spacial score (nSPS) is 24.8. The number of benzene rings is 1. The van der Waals surface area contributed by atoms with Crippen LogP contribution in [0.4, 0.5) is 0 Å². The van der Waals surface area contributed by atoms with Crippen LogP contribution in [0, 0.1) is 5.41 Å². The van der Waals surface area contributed by atoms with Gasteiger partial charge in [0.05, 0.1) is 0 Å². The van der Waals surface area contributed by atoms with Crippen molar-refractivity contribution in [1.29, 1.82) is 0 Å². The third-order valence-electron chi connectivity index (χ3n) is 2.51. The van der Waals surface area contributed by atoms with Crippen molar-refractivity contribution in [2.75, 3.05) is 0 Å². The Morgan fingerprint density at radius 1 is 1.23 bits per heavy atom. The topological polar surface area (TPSA) is 26.3 Å². The molecule has 13 heavy (non-hydrogen) atoms. The maximum absolute atomic E-state index is 11.1. The SMILES string of the molecule is CC1(C)C(=O)OC1c1ccccc1. The molecule has 0 saturated carbocycles. The molecule has 2 rings (SSSR count). The van der Waals surface area contributed by atoms with Crippen molar-refractivity contribution < 1.29 is 9.53 Å². The van der Waals surface area contributed by atoms with Gasteiger partial charge < -0.3 is 4.74 Å². The zero-order valence-corrected chi connectivity index (χ0v) is 7.78. The molecule has 1 aromatic rings. The number of rotatable bonds is 1. The lowest BCUT2D eigenvalue weighted by Gasteiger charge is -2.42. The average Bonchev–Trinajstić information content (AvgIpc) is 2.15. The summed E-state index contributed by atoms with van der Waals surface area (Å²) in [6.07, 6.45) is -0.0683. The lowest BCUT2D eigenvalue weighted by molar-refractivity contribution is -0.202. The molecule has 0 bridgehead atoms. The summed E-state index contributed by atoms with van der Waals surface area (Å²) in [5.74, 6) is -0.110. The van der Waals surface area contributed by atoms with Gasteiger partial charge in [-0.2, -0.15) is 0 Å². The first-order chi connectivity index (χ1) is 6.12. The van der Waals surface area contributed by atoms with Crippen molar-refractivity contribution in [3.8, 4) is 0 Å². The Labute approximate surface area is 77.5 Å². The molecule has 0 aromatic heterocycles. The first-order valence-electron chi connectivity index (χ1n) is 4.38. The molecule has 0 radical (unpaired) electrons. The summed E-state index contributed by atoms with van der Waals surface area (Å²) in [4.78, 5) is 11.1. The fourth-order valence-corrected chi connectivity index (χ4v) is 1.57. The second-order valence-electron chi connectivity index (χ2n) is 3.92. The van der Waals surface area contributed by atoms with Gasteiger partial charge in [-0.25, -0.2) is 0 Å². The molecule has 0 amide bonds. The number of hydrogen-bond acceptors (Lipinski definition) is 2. The number of carbonyl (C=O) groups is 1. The molecular weight excluding hydrogens is 164 g/mol. The van der Waals surface area contributed by atoms with Crippen molar-refractivity contribution in [1.82, 2.24) is 0 Å². The number of ether oxygens (including phenoxy) is 1. The van der Waals surface area contributed by atoms with Gasteiger partial charge >= 0.3 is 5.97 Å². The minimum absolute atomic E-state index is 0.0683. The maximum atomic E-state index is 11.1. The Morgan fingerprint density at radius 3 is 2.31 bits per heavy atom. The van der Waals surface area contributed by atoms with Gasteiger partial charge in [-0.1, -0.05) is 30.3 Å². The Morgan fingerprint density at radius 2 is 1.85 bits per heavy atom. The number of esters is 1. The highest BCUT2D eigenvalue weighted by molar-refractivity contribution is 5.82. The van der Waals surface area contributed by atoms with Crippen LogP contribution in [0.3, 0.4) is 0 Å². The number of hydrogen-bond donors (Lipinski definition) is 0. The second-order valence-corrected chi connectivity index (χ2v) is 3.92. The molecule has 68 valence electrons. The van der Waals surface area contributed by atoms with Crippen LogP contribution in [0.5, 0.6) is 0 Å². The summed E-state index contributed by atoms with van der Waals surface area (Å²) < 4.78 is 5.10. The minimum atomic E-state index is -0.360. The molecule has 1 atom stereocenters. The zero-order chi connectivity index (χ0) is 9.47. The highest BCUT2D eigenvalue weighted by atomic mass is 16.6. The third kappa shape index (κ3) is 1.13. The standard InChI is InChI=1S/C11H12O2/c1-11(2)9(13-10(11)12)8-6-4-3-5-7-8/h3-7,9H,1-2H3. The largest absolute Gasteiger partial charge is 0.456 e. The summed E-state index contributed by atoms with van der Waals surface area (Å²) >= 11 is 0. The van der Waals surface area contributed by atoms with Crippen molar-refractivity contribution in [3.63, 3.8) is 0 Å². The average molecular weight is 176 g/mol. The van der Waals surface area contributed by atoms with E-state index in [2.05, 4.69) is 0 Å². The van der Waals surface area contributed by atoms with E-state index in [4.69, 9.17) is 4.74 Å². The molecule has 2 nitrogen and oxygen atoms in total. The van der Waals surface area contributed by atoms with E-state index in [9.17, 15) is 4.79 Å². The van der Waals surface area contributed by atoms with Gasteiger partial charge in [-0.3, -0.25) is 4.79 Å². The Hall–Kier alpha value is -1.31. The molecule has 1 heterocycles. The van der Waals surface area contributed by atoms with E-state index in [1.54, 1.807) is 0 Å². The molecular formula is C11H12O2. The lowest BCUT2D eigenvalue weighted by atomic mass is 9.78. The van der Waals surface area contributed by atoms with Crippen LogP contribution >= 0.6 is 0 Å². The van der Waals surface area contributed by atoms with Crippen molar-refractivity contribution in [3.05, 3.63) is 35.9 Å². The number of cyclic esters (lactones) is 1. The highest BCUT2D eigenvalue weighted by Gasteiger charge is 2.51. The molecule has 1 unspecified atom stereocenters. The summed E-state index contributed by atoms with van der Waals surface area (Å²) in [5.41, 5.74) is 0.716. The Kier molecular flexibility index (Phi) is 1.65. The van der Waals surface area contributed by atoms with E-state index in [1.807, 2.05) is 44.2 Å². The maximum Gasteiger partial charge on any atom is 0.316 e. The Bertz CT molecular complexity index is 327. The minimum Gasteiger partial charge on any atom is -0.456 e. The highest BCUT2D eigenvalue weighted by Crippen LogP contribution is 2.46. The van der Waals surface area contributed by atoms with E-state index in [1.165, 1.54) is 0 Å². The number of carbonyl (C=O) groups excluding carboxylic acids is 1. The molecule has 1 aliphatic rings. The molecule has 0 spiro atoms. The predicted octanol–water partition coefficient (Wildman–Crippen LogP) is 2.31. The summed E-state index contributed by atoms with van der Waals surface area (Å²) in [5, 5.41) is 0. The predicted molar refractivity (Wildman–Crippen MR) is 49.1 cm³/mol. The van der Waals surface area contributed by atoms with Crippen LogP contribution in [0.2, 0.25) is 0 Å². The van der Waals surface area contributed by atoms with Gasteiger partial charge in [0.2, 0.25) is 0 Å². The first kappa shape index (κ1) is 8.30. The monoisotopic (exact) mass is 176 g/mol. The summed E-state index contributed by atoms with van der Waals surface area (Å²) in [7, 11) is 0. The van der Waals surface area contributed by atoms with Crippen LogP contribution < -0.4 is 0 Å². The molecule has 2 heteroatoms. The quantitative estimate of drug-likeness (QED) is 0.614. The van der Waals surface area contributed by atoms with E-state index >= 15 is 0 Å². The van der Waals surface area contributed by atoms with Crippen LogP contribution in [0.15, 0.2) is 30.3 Å². The molecule has 1 aromatic carbocycles. The molecule has 0 N–H and O–H groups in total. The fraction of sp³-hybridized carbons (Fsp3) is 0.364. The molecule has 1 saturated heterocycles. The lowest BCUT2D eigenvalue weighted by Crippen LogP contribution is -2.46. The first-order valence-corrected chi connectivity index (χ1v) is 4.38. The molecule has 1 aliphatic heterocycles. The summed E-state index contributed by atoms with van der Waals surface area (Å²) in [6.45, 7) is 3.83. The van der Waals surface area contributed by atoms with E-state index in [-0.39, 0.29) is 17.5 Å². The van der Waals surface area contributed by atoms with Gasteiger partial charge in [-0.15, -0.1) is 0 Å². The van der Waals surface area contributed by atoms with Crippen LogP contribution in [-0.4, -0.2) is 5.97 Å². The van der Waals surface area contributed by atoms with Crippen LogP contribution in [0.1, 0.15) is 25.5 Å². The zero-order valence-electron chi connectivity index (χ0n) is 7.78. The third-order valence-corrected chi connectivity index (χ3v) is 2.51. The second kappa shape index (κ2) is 2.59. The van der Waals surface area contributed by atoms with Gasteiger partial charge in [0, 0.05) is 0 Å². The van der Waals surface area contributed by atoms with E-state index in [0.717, 1.165) is 5.56 Å². The van der Waals surface area contributed by atoms with Gasteiger partial charge in [-0.05, 0) is 19.4 Å². The van der Waals surface area contributed by atoms with E-state index < -0.39 is 0 Å². The van der Waals surface area contributed by atoms with E-state index in [0.29, 0.717) is 0 Å². The van der Waals surface area contributed by atoms with Crippen molar-refractivity contribution in [2.24, 2.45) is 5.41 Å². The van der Waals surface area contributed by atoms with Gasteiger partial charge in [0.1, 0.15) is 11.5 Å². The fourth-order valence-electron chi connectivity index (χ4n) is 1.57. The summed E-state index contributed by atoms with van der Waals surface area (Å²) in [6, 6.07) is 9.84.